The van der Waals surface area contributed by atoms with Crippen LogP contribution in [0.1, 0.15) is 44.7 Å². The van der Waals surface area contributed by atoms with Gasteiger partial charge in [-0.1, -0.05) is 12.5 Å². The fraction of sp³-hybridized carbons (Fsp3) is 0.600. The van der Waals surface area contributed by atoms with Gasteiger partial charge in [-0.2, -0.15) is 0 Å². The van der Waals surface area contributed by atoms with E-state index in [-0.39, 0.29) is 23.6 Å². The van der Waals surface area contributed by atoms with Crippen LogP contribution in [0.4, 0.5) is 0 Å². The first kappa shape index (κ1) is 14.2. The summed E-state index contributed by atoms with van der Waals surface area (Å²) in [5.41, 5.74) is 6.69. The molecule has 0 aliphatic carbocycles. The van der Waals surface area contributed by atoms with Crippen LogP contribution < -0.4 is 5.73 Å². The summed E-state index contributed by atoms with van der Waals surface area (Å²) >= 11 is 0. The number of piperidine rings is 1. The van der Waals surface area contributed by atoms with Gasteiger partial charge >= 0.3 is 0 Å². The third-order valence-electron chi connectivity index (χ3n) is 4.17. The summed E-state index contributed by atoms with van der Waals surface area (Å²) in [5.74, 6) is 0.308. The van der Waals surface area contributed by atoms with E-state index in [1.54, 1.807) is 18.2 Å². The molecular formula is C15H24N2O2. The second-order valence-electron chi connectivity index (χ2n) is 5.55. The van der Waals surface area contributed by atoms with Crippen molar-refractivity contribution in [2.45, 2.75) is 51.2 Å². The Labute approximate surface area is 114 Å². The highest BCUT2D eigenvalue weighted by Crippen LogP contribution is 2.38. The van der Waals surface area contributed by atoms with E-state index in [1.807, 2.05) is 13.8 Å². The van der Waals surface area contributed by atoms with E-state index in [0.29, 0.717) is 11.6 Å². The summed E-state index contributed by atoms with van der Waals surface area (Å²) < 4.78 is 0. The Balaban J connectivity index is 2.29. The number of likely N-dealkylation sites (tertiary alicyclic amines) is 1. The Hall–Kier alpha value is -1.26. The van der Waals surface area contributed by atoms with Gasteiger partial charge in [-0.25, -0.2) is 0 Å². The van der Waals surface area contributed by atoms with Crippen molar-refractivity contribution >= 4 is 0 Å². The van der Waals surface area contributed by atoms with Crippen LogP contribution in [0.25, 0.3) is 0 Å². The minimum absolute atomic E-state index is 0.0301. The third-order valence-corrected chi connectivity index (χ3v) is 4.17. The highest BCUT2D eigenvalue weighted by atomic mass is 16.3. The van der Waals surface area contributed by atoms with Crippen LogP contribution in [0.15, 0.2) is 18.2 Å². The van der Waals surface area contributed by atoms with E-state index in [0.717, 1.165) is 19.4 Å². The molecule has 19 heavy (non-hydrogen) atoms. The average molecular weight is 264 g/mol. The van der Waals surface area contributed by atoms with Crippen molar-refractivity contribution in [1.82, 2.24) is 4.90 Å². The molecule has 1 aliphatic heterocycles. The van der Waals surface area contributed by atoms with Crippen molar-refractivity contribution in [2.24, 2.45) is 5.73 Å². The highest BCUT2D eigenvalue weighted by molar-refractivity contribution is 5.45. The molecule has 4 heteroatoms. The second-order valence-corrected chi connectivity index (χ2v) is 5.55. The van der Waals surface area contributed by atoms with E-state index >= 15 is 0 Å². The number of hydrogen-bond donors (Lipinski definition) is 3. The molecule has 3 unspecified atom stereocenters. The Morgan fingerprint density at radius 2 is 1.84 bits per heavy atom. The molecule has 2 rings (SSSR count). The van der Waals surface area contributed by atoms with Gasteiger partial charge in [0.05, 0.1) is 5.56 Å². The maximum atomic E-state index is 10.00. The largest absolute Gasteiger partial charge is 0.507 e. The zero-order valence-corrected chi connectivity index (χ0v) is 11.7. The fourth-order valence-electron chi connectivity index (χ4n) is 3.16. The molecule has 4 N–H and O–H groups in total. The van der Waals surface area contributed by atoms with Crippen molar-refractivity contribution in [3.8, 4) is 11.5 Å². The van der Waals surface area contributed by atoms with Crippen LogP contribution >= 0.6 is 0 Å². The molecule has 1 aromatic rings. The van der Waals surface area contributed by atoms with Crippen LogP contribution in [0.5, 0.6) is 11.5 Å². The number of nitrogens with zero attached hydrogens (tertiary/aromatic N) is 1. The van der Waals surface area contributed by atoms with Gasteiger partial charge in [0.2, 0.25) is 0 Å². The molecule has 0 aromatic heterocycles. The average Bonchev–Trinajstić information content (AvgIpc) is 2.38. The van der Waals surface area contributed by atoms with Gasteiger partial charge in [0.15, 0.2) is 0 Å². The van der Waals surface area contributed by atoms with Gasteiger partial charge < -0.3 is 15.9 Å². The van der Waals surface area contributed by atoms with E-state index in [1.165, 1.54) is 6.42 Å². The molecule has 1 aromatic carbocycles. The first-order chi connectivity index (χ1) is 9.02. The second kappa shape index (κ2) is 5.80. The first-order valence-electron chi connectivity index (χ1n) is 7.04. The molecule has 1 aliphatic rings. The van der Waals surface area contributed by atoms with E-state index in [9.17, 15) is 10.2 Å². The number of hydrogen-bond acceptors (Lipinski definition) is 4. The smallest absolute Gasteiger partial charge is 0.124 e. The Kier molecular flexibility index (Phi) is 4.32. The summed E-state index contributed by atoms with van der Waals surface area (Å²) in [6.07, 6.45) is 3.42. The van der Waals surface area contributed by atoms with Gasteiger partial charge in [0.1, 0.15) is 11.5 Å². The molecule has 0 radical (unpaired) electrons. The monoisotopic (exact) mass is 264 g/mol. The molecule has 3 atom stereocenters. The van der Waals surface area contributed by atoms with Crippen molar-refractivity contribution < 1.29 is 10.2 Å². The van der Waals surface area contributed by atoms with E-state index in [4.69, 9.17) is 5.73 Å². The number of phenolic OH excluding ortho intramolecular Hbond substituents is 2. The number of benzene rings is 1. The Bertz CT molecular complexity index is 414. The number of nitrogens with two attached hydrogens (primary N) is 1. The van der Waals surface area contributed by atoms with Crippen molar-refractivity contribution in [3.63, 3.8) is 0 Å². The minimum Gasteiger partial charge on any atom is -0.507 e. The molecular weight excluding hydrogens is 240 g/mol. The van der Waals surface area contributed by atoms with Crippen LogP contribution in [-0.2, 0) is 0 Å². The zero-order valence-electron chi connectivity index (χ0n) is 11.7. The summed E-state index contributed by atoms with van der Waals surface area (Å²) in [5, 5.41) is 20.0. The lowest BCUT2D eigenvalue weighted by Crippen LogP contribution is -2.49. The number of aromatic hydroxyl groups is 2. The van der Waals surface area contributed by atoms with Crippen molar-refractivity contribution in [2.75, 3.05) is 6.54 Å². The molecule has 106 valence electrons. The predicted molar refractivity (Wildman–Crippen MR) is 76.2 cm³/mol. The third kappa shape index (κ3) is 2.85. The molecule has 1 heterocycles. The normalized spacial score (nSPS) is 24.1. The molecule has 0 bridgehead atoms. The number of rotatable bonds is 3. The highest BCUT2D eigenvalue weighted by Gasteiger charge is 2.31. The maximum absolute atomic E-state index is 10.00. The quantitative estimate of drug-likeness (QED) is 0.784. The lowest BCUT2D eigenvalue weighted by molar-refractivity contribution is 0.0865. The molecule has 1 saturated heterocycles. The predicted octanol–water partition coefficient (Wildman–Crippen LogP) is 2.36. The molecule has 0 spiro atoms. The van der Waals surface area contributed by atoms with Crippen molar-refractivity contribution in [1.29, 1.82) is 0 Å². The summed E-state index contributed by atoms with van der Waals surface area (Å²) in [4.78, 5) is 2.31. The summed E-state index contributed by atoms with van der Waals surface area (Å²) in [6.45, 7) is 5.01. The summed E-state index contributed by atoms with van der Waals surface area (Å²) in [6, 6.07) is 5.27. The fourth-order valence-corrected chi connectivity index (χ4v) is 3.16. The Morgan fingerprint density at radius 1 is 1.21 bits per heavy atom. The van der Waals surface area contributed by atoms with Crippen LogP contribution in [0.3, 0.4) is 0 Å². The van der Waals surface area contributed by atoms with Gasteiger partial charge in [-0.3, -0.25) is 4.90 Å². The van der Waals surface area contributed by atoms with Crippen molar-refractivity contribution in [3.05, 3.63) is 23.8 Å². The van der Waals surface area contributed by atoms with Gasteiger partial charge in [-0.05, 0) is 45.4 Å². The minimum atomic E-state index is -0.0301. The molecule has 1 fully saturated rings. The summed E-state index contributed by atoms with van der Waals surface area (Å²) in [7, 11) is 0. The lowest BCUT2D eigenvalue weighted by atomic mass is 9.93. The van der Waals surface area contributed by atoms with E-state index < -0.39 is 0 Å². The lowest BCUT2D eigenvalue weighted by Gasteiger charge is -2.42. The zero-order chi connectivity index (χ0) is 14.0. The van der Waals surface area contributed by atoms with E-state index in [2.05, 4.69) is 4.90 Å². The van der Waals surface area contributed by atoms with Crippen LogP contribution in [0, 0.1) is 0 Å². The molecule has 0 saturated carbocycles. The Morgan fingerprint density at radius 3 is 2.42 bits per heavy atom. The molecule has 4 nitrogen and oxygen atoms in total. The topological polar surface area (TPSA) is 69.7 Å². The van der Waals surface area contributed by atoms with Gasteiger partial charge in [0, 0.05) is 18.1 Å². The van der Waals surface area contributed by atoms with Gasteiger partial charge in [0.25, 0.3) is 0 Å². The maximum Gasteiger partial charge on any atom is 0.124 e. The first-order valence-corrected chi connectivity index (χ1v) is 7.04. The van der Waals surface area contributed by atoms with Crippen LogP contribution in [-0.4, -0.2) is 33.7 Å². The van der Waals surface area contributed by atoms with Gasteiger partial charge in [-0.15, -0.1) is 0 Å². The SMILES string of the molecule is CC(N)C1CCCCN1C(C)c1c(O)cccc1O. The standard InChI is InChI=1S/C15H24N2O2/c1-10(16)12-6-3-4-9-17(12)11(2)15-13(18)7-5-8-14(15)19/h5,7-8,10-12,18-19H,3-4,6,9,16H2,1-2H3. The number of phenols is 2. The van der Waals surface area contributed by atoms with Crippen LogP contribution in [0.2, 0.25) is 0 Å². The molecule has 0 amide bonds.